The lowest BCUT2D eigenvalue weighted by atomic mass is 10.2. The van der Waals surface area contributed by atoms with Gasteiger partial charge in [-0.05, 0) is 25.0 Å². The molecule has 19 heavy (non-hydrogen) atoms. The van der Waals surface area contributed by atoms with Gasteiger partial charge < -0.3 is 15.7 Å². The van der Waals surface area contributed by atoms with E-state index in [1.807, 2.05) is 38.1 Å². The lowest BCUT2D eigenvalue weighted by molar-refractivity contribution is 0.244. The summed E-state index contributed by atoms with van der Waals surface area (Å²) in [5.74, 6) is 1.62. The zero-order chi connectivity index (χ0) is 13.7. The molecule has 0 bridgehead atoms. The highest BCUT2D eigenvalue weighted by atomic mass is 16.3. The molecule has 102 valence electrons. The van der Waals surface area contributed by atoms with Gasteiger partial charge in [0.15, 0.2) is 0 Å². The second kappa shape index (κ2) is 6.33. The van der Waals surface area contributed by atoms with Gasteiger partial charge in [0.25, 0.3) is 0 Å². The molecule has 0 fully saturated rings. The van der Waals surface area contributed by atoms with Gasteiger partial charge in [-0.2, -0.15) is 4.98 Å². The Balaban J connectivity index is 2.33. The summed E-state index contributed by atoms with van der Waals surface area (Å²) in [6.07, 6.45) is 0. The van der Waals surface area contributed by atoms with Crippen LogP contribution in [-0.4, -0.2) is 34.8 Å². The Kier molecular flexibility index (Phi) is 4.52. The van der Waals surface area contributed by atoms with Gasteiger partial charge in [0.05, 0.1) is 5.52 Å². The van der Waals surface area contributed by atoms with Crippen LogP contribution in [0.2, 0.25) is 0 Å². The number of nitrogens with zero attached hydrogens (tertiary/aromatic N) is 2. The Morgan fingerprint density at radius 2 is 2.00 bits per heavy atom. The molecule has 1 aromatic carbocycles. The van der Waals surface area contributed by atoms with Crippen LogP contribution in [0.3, 0.4) is 0 Å². The van der Waals surface area contributed by atoms with Gasteiger partial charge in [-0.15, -0.1) is 0 Å². The summed E-state index contributed by atoms with van der Waals surface area (Å²) in [6.45, 7) is 5.63. The summed E-state index contributed by atoms with van der Waals surface area (Å²) in [7, 11) is 0. The Hall–Kier alpha value is -1.88. The predicted octanol–water partition coefficient (Wildman–Crippen LogP) is 2.10. The lowest BCUT2D eigenvalue weighted by Crippen LogP contribution is -2.16. The second-order valence-corrected chi connectivity index (χ2v) is 4.61. The maximum atomic E-state index is 9.08. The van der Waals surface area contributed by atoms with E-state index in [4.69, 9.17) is 5.11 Å². The van der Waals surface area contributed by atoms with E-state index in [2.05, 4.69) is 20.6 Å². The van der Waals surface area contributed by atoms with Crippen LogP contribution in [0.25, 0.3) is 10.9 Å². The maximum absolute atomic E-state index is 9.08. The van der Waals surface area contributed by atoms with Crippen molar-refractivity contribution in [3.05, 3.63) is 24.3 Å². The number of benzene rings is 1. The Morgan fingerprint density at radius 3 is 2.74 bits per heavy atom. The molecule has 0 saturated carbocycles. The number of para-hydroxylation sites is 1. The van der Waals surface area contributed by atoms with E-state index < -0.39 is 0 Å². The molecular formula is C14H20N4O. The Bertz CT molecular complexity index is 544. The van der Waals surface area contributed by atoms with Crippen molar-refractivity contribution in [1.29, 1.82) is 0 Å². The topological polar surface area (TPSA) is 70.1 Å². The molecular weight excluding hydrogens is 240 g/mol. The minimum atomic E-state index is 0.163. The van der Waals surface area contributed by atoms with Crippen LogP contribution in [0, 0.1) is 5.92 Å². The highest BCUT2D eigenvalue weighted by Crippen LogP contribution is 2.21. The monoisotopic (exact) mass is 260 g/mol. The van der Waals surface area contributed by atoms with E-state index in [1.165, 1.54) is 0 Å². The highest BCUT2D eigenvalue weighted by Gasteiger charge is 2.08. The number of nitrogens with one attached hydrogen (secondary N) is 2. The number of fused-ring (bicyclic) bond motifs is 1. The molecule has 0 aliphatic rings. The van der Waals surface area contributed by atoms with Crippen molar-refractivity contribution in [2.45, 2.75) is 13.8 Å². The van der Waals surface area contributed by atoms with E-state index in [9.17, 15) is 0 Å². The number of rotatable bonds is 6. The van der Waals surface area contributed by atoms with E-state index in [1.54, 1.807) is 0 Å². The lowest BCUT2D eigenvalue weighted by Gasteiger charge is -2.13. The molecule has 0 aliphatic carbocycles. The molecule has 0 radical (unpaired) electrons. The summed E-state index contributed by atoms with van der Waals surface area (Å²) < 4.78 is 0. The molecule has 0 aliphatic heterocycles. The largest absolute Gasteiger partial charge is 0.396 e. The van der Waals surface area contributed by atoms with E-state index >= 15 is 0 Å². The number of hydrogen-bond donors (Lipinski definition) is 3. The summed E-state index contributed by atoms with van der Waals surface area (Å²) >= 11 is 0. The van der Waals surface area contributed by atoms with Gasteiger partial charge in [-0.3, -0.25) is 0 Å². The molecule has 1 heterocycles. The molecule has 0 saturated heterocycles. The third kappa shape index (κ3) is 3.32. The van der Waals surface area contributed by atoms with Crippen LogP contribution in [-0.2, 0) is 0 Å². The van der Waals surface area contributed by atoms with Crippen molar-refractivity contribution < 1.29 is 5.11 Å². The van der Waals surface area contributed by atoms with Gasteiger partial charge in [0.2, 0.25) is 5.95 Å². The molecule has 5 heteroatoms. The molecule has 1 aromatic heterocycles. The average molecular weight is 260 g/mol. The fraction of sp³-hybridized carbons (Fsp3) is 0.429. The van der Waals surface area contributed by atoms with Crippen LogP contribution >= 0.6 is 0 Å². The van der Waals surface area contributed by atoms with Crippen LogP contribution < -0.4 is 10.6 Å². The van der Waals surface area contributed by atoms with Gasteiger partial charge in [-0.1, -0.05) is 19.1 Å². The SMILES string of the molecule is CCNc1nc(NCC(C)CO)c2ccccc2n1. The van der Waals surface area contributed by atoms with Crippen LogP contribution in [0.4, 0.5) is 11.8 Å². The van der Waals surface area contributed by atoms with Crippen molar-refractivity contribution in [3.63, 3.8) is 0 Å². The first-order valence-electron chi connectivity index (χ1n) is 6.60. The predicted molar refractivity (Wildman–Crippen MR) is 78.4 cm³/mol. The number of aromatic nitrogens is 2. The number of hydrogen-bond acceptors (Lipinski definition) is 5. The molecule has 5 nitrogen and oxygen atoms in total. The van der Waals surface area contributed by atoms with Gasteiger partial charge in [0, 0.05) is 25.1 Å². The summed E-state index contributed by atoms with van der Waals surface area (Å²) in [5, 5.41) is 16.5. The van der Waals surface area contributed by atoms with Crippen molar-refractivity contribution in [2.75, 3.05) is 30.3 Å². The highest BCUT2D eigenvalue weighted by molar-refractivity contribution is 5.89. The maximum Gasteiger partial charge on any atom is 0.225 e. The Labute approximate surface area is 113 Å². The average Bonchev–Trinajstić information content (AvgIpc) is 2.44. The third-order valence-electron chi connectivity index (χ3n) is 2.87. The summed E-state index contributed by atoms with van der Waals surface area (Å²) in [4.78, 5) is 8.94. The number of aliphatic hydroxyl groups excluding tert-OH is 1. The molecule has 2 aromatic rings. The van der Waals surface area contributed by atoms with E-state index in [-0.39, 0.29) is 12.5 Å². The normalized spacial score (nSPS) is 12.4. The molecule has 1 unspecified atom stereocenters. The number of aliphatic hydroxyl groups is 1. The zero-order valence-corrected chi connectivity index (χ0v) is 11.3. The fourth-order valence-electron chi connectivity index (χ4n) is 1.78. The molecule has 0 spiro atoms. The van der Waals surface area contributed by atoms with Crippen LogP contribution in [0.5, 0.6) is 0 Å². The fourth-order valence-corrected chi connectivity index (χ4v) is 1.78. The van der Waals surface area contributed by atoms with Gasteiger partial charge in [0.1, 0.15) is 5.82 Å². The first-order valence-corrected chi connectivity index (χ1v) is 6.60. The van der Waals surface area contributed by atoms with Crippen molar-refractivity contribution >= 4 is 22.7 Å². The van der Waals surface area contributed by atoms with Gasteiger partial charge in [-0.25, -0.2) is 4.98 Å². The van der Waals surface area contributed by atoms with Crippen molar-refractivity contribution in [3.8, 4) is 0 Å². The quantitative estimate of drug-likeness (QED) is 0.742. The first kappa shape index (κ1) is 13.5. The third-order valence-corrected chi connectivity index (χ3v) is 2.87. The number of anilines is 2. The smallest absolute Gasteiger partial charge is 0.225 e. The minimum absolute atomic E-state index is 0.163. The molecule has 1 atom stereocenters. The Morgan fingerprint density at radius 1 is 1.21 bits per heavy atom. The zero-order valence-electron chi connectivity index (χ0n) is 11.3. The van der Waals surface area contributed by atoms with E-state index in [0.29, 0.717) is 12.5 Å². The van der Waals surface area contributed by atoms with Crippen molar-refractivity contribution in [1.82, 2.24) is 9.97 Å². The summed E-state index contributed by atoms with van der Waals surface area (Å²) in [5.41, 5.74) is 0.910. The molecule has 0 amide bonds. The van der Waals surface area contributed by atoms with E-state index in [0.717, 1.165) is 23.3 Å². The van der Waals surface area contributed by atoms with Crippen molar-refractivity contribution in [2.24, 2.45) is 5.92 Å². The molecule has 3 N–H and O–H groups in total. The van der Waals surface area contributed by atoms with Crippen LogP contribution in [0.15, 0.2) is 24.3 Å². The summed E-state index contributed by atoms with van der Waals surface area (Å²) in [6, 6.07) is 7.90. The first-order chi connectivity index (χ1) is 9.24. The second-order valence-electron chi connectivity index (χ2n) is 4.61. The van der Waals surface area contributed by atoms with Gasteiger partial charge >= 0.3 is 0 Å². The molecule has 2 rings (SSSR count). The standard InChI is InChI=1S/C14H20N4O/c1-3-15-14-17-12-7-5-4-6-11(12)13(18-14)16-8-10(2)9-19/h4-7,10,19H,3,8-9H2,1-2H3,(H2,15,16,17,18). The minimum Gasteiger partial charge on any atom is -0.396 e. The van der Waals surface area contributed by atoms with Crippen LogP contribution in [0.1, 0.15) is 13.8 Å².